The van der Waals surface area contributed by atoms with E-state index in [9.17, 15) is 4.79 Å². The molecular formula is C21H22N2O4S. The molecule has 0 fully saturated rings. The van der Waals surface area contributed by atoms with Crippen LogP contribution in [-0.2, 0) is 11.2 Å². The first-order chi connectivity index (χ1) is 13.6. The van der Waals surface area contributed by atoms with Crippen molar-refractivity contribution in [1.29, 1.82) is 0 Å². The van der Waals surface area contributed by atoms with Crippen molar-refractivity contribution in [3.05, 3.63) is 53.4 Å². The molecule has 1 aromatic heterocycles. The third-order valence-corrected chi connectivity index (χ3v) is 4.87. The fourth-order valence-corrected chi connectivity index (χ4v) is 3.36. The summed E-state index contributed by atoms with van der Waals surface area (Å²) in [7, 11) is 3.21. The number of amides is 1. The normalized spacial score (nSPS) is 10.4. The quantitative estimate of drug-likeness (QED) is 0.609. The number of hydrogen-bond donors (Lipinski definition) is 1. The minimum atomic E-state index is -0.264. The van der Waals surface area contributed by atoms with E-state index in [1.54, 1.807) is 14.2 Å². The number of rotatable bonds is 8. The Labute approximate surface area is 168 Å². The molecule has 0 unspecified atom stereocenters. The van der Waals surface area contributed by atoms with Crippen LogP contribution in [-0.4, -0.2) is 31.7 Å². The first-order valence-corrected chi connectivity index (χ1v) is 9.70. The SMILES string of the molecule is CCc1cccc(OCC(=O)Nc2nc(-c3cc(OC)ccc3OC)cs2)c1. The van der Waals surface area contributed by atoms with Crippen LogP contribution in [0.25, 0.3) is 11.3 Å². The maximum atomic E-state index is 12.2. The molecule has 0 radical (unpaired) electrons. The van der Waals surface area contributed by atoms with E-state index in [0.29, 0.717) is 28.1 Å². The van der Waals surface area contributed by atoms with Gasteiger partial charge in [0.15, 0.2) is 11.7 Å². The summed E-state index contributed by atoms with van der Waals surface area (Å²) in [6.07, 6.45) is 0.916. The van der Waals surface area contributed by atoms with Gasteiger partial charge < -0.3 is 14.2 Å². The highest BCUT2D eigenvalue weighted by Crippen LogP contribution is 2.35. The molecule has 0 aliphatic rings. The number of nitrogens with zero attached hydrogens (tertiary/aromatic N) is 1. The number of hydrogen-bond acceptors (Lipinski definition) is 6. The molecule has 1 heterocycles. The van der Waals surface area contributed by atoms with Gasteiger partial charge in [-0.05, 0) is 42.3 Å². The topological polar surface area (TPSA) is 69.7 Å². The summed E-state index contributed by atoms with van der Waals surface area (Å²) >= 11 is 1.34. The summed E-state index contributed by atoms with van der Waals surface area (Å²) in [6, 6.07) is 13.2. The van der Waals surface area contributed by atoms with Crippen molar-refractivity contribution in [3.63, 3.8) is 0 Å². The van der Waals surface area contributed by atoms with Crippen molar-refractivity contribution < 1.29 is 19.0 Å². The molecule has 0 atom stereocenters. The summed E-state index contributed by atoms with van der Waals surface area (Å²) in [4.78, 5) is 16.7. The highest BCUT2D eigenvalue weighted by atomic mass is 32.1. The summed E-state index contributed by atoms with van der Waals surface area (Å²) < 4.78 is 16.2. The molecule has 28 heavy (non-hydrogen) atoms. The number of methoxy groups -OCH3 is 2. The highest BCUT2D eigenvalue weighted by Gasteiger charge is 2.13. The lowest BCUT2D eigenvalue weighted by Crippen LogP contribution is -2.20. The third kappa shape index (κ3) is 4.80. The van der Waals surface area contributed by atoms with Gasteiger partial charge in [-0.25, -0.2) is 4.98 Å². The lowest BCUT2D eigenvalue weighted by atomic mass is 10.1. The van der Waals surface area contributed by atoms with Crippen molar-refractivity contribution in [1.82, 2.24) is 4.98 Å². The molecule has 3 rings (SSSR count). The predicted octanol–water partition coefficient (Wildman–Crippen LogP) is 4.41. The number of anilines is 1. The summed E-state index contributed by atoms with van der Waals surface area (Å²) in [5.74, 6) is 1.80. The van der Waals surface area contributed by atoms with Gasteiger partial charge >= 0.3 is 0 Å². The Morgan fingerprint density at radius 3 is 2.71 bits per heavy atom. The minimum Gasteiger partial charge on any atom is -0.497 e. The van der Waals surface area contributed by atoms with Gasteiger partial charge in [0.25, 0.3) is 5.91 Å². The van der Waals surface area contributed by atoms with Crippen LogP contribution in [0.1, 0.15) is 12.5 Å². The number of carbonyl (C=O) groups is 1. The maximum absolute atomic E-state index is 12.2. The third-order valence-electron chi connectivity index (χ3n) is 4.11. The van der Waals surface area contributed by atoms with Crippen molar-refractivity contribution in [2.75, 3.05) is 26.1 Å². The minimum absolute atomic E-state index is 0.0788. The first kappa shape index (κ1) is 19.7. The van der Waals surface area contributed by atoms with E-state index in [1.165, 1.54) is 11.3 Å². The number of benzene rings is 2. The number of carbonyl (C=O) groups excluding carboxylic acids is 1. The first-order valence-electron chi connectivity index (χ1n) is 8.82. The second-order valence-corrected chi connectivity index (χ2v) is 6.80. The summed E-state index contributed by atoms with van der Waals surface area (Å²) in [6.45, 7) is 1.99. The Morgan fingerprint density at radius 2 is 1.96 bits per heavy atom. The van der Waals surface area contributed by atoms with Gasteiger partial charge in [-0.2, -0.15) is 0 Å². The average molecular weight is 398 g/mol. The van der Waals surface area contributed by atoms with Gasteiger partial charge in [-0.1, -0.05) is 19.1 Å². The molecule has 7 heteroatoms. The molecule has 0 saturated carbocycles. The van der Waals surface area contributed by atoms with Crippen molar-refractivity contribution in [3.8, 4) is 28.5 Å². The largest absolute Gasteiger partial charge is 0.497 e. The van der Waals surface area contributed by atoms with Crippen molar-refractivity contribution in [2.24, 2.45) is 0 Å². The van der Waals surface area contributed by atoms with Gasteiger partial charge in [-0.3, -0.25) is 10.1 Å². The van der Waals surface area contributed by atoms with E-state index in [2.05, 4.69) is 17.2 Å². The van der Waals surface area contributed by atoms with Crippen LogP contribution >= 0.6 is 11.3 Å². The fourth-order valence-electron chi connectivity index (χ4n) is 2.63. The molecule has 1 N–H and O–H groups in total. The van der Waals surface area contributed by atoms with Crippen LogP contribution in [0.15, 0.2) is 47.8 Å². The van der Waals surface area contributed by atoms with Crippen LogP contribution in [0, 0.1) is 0 Å². The van der Waals surface area contributed by atoms with Crippen LogP contribution in [0.2, 0.25) is 0 Å². The molecule has 0 spiro atoms. The van der Waals surface area contributed by atoms with Crippen molar-refractivity contribution in [2.45, 2.75) is 13.3 Å². The van der Waals surface area contributed by atoms with Gasteiger partial charge in [0.2, 0.25) is 0 Å². The molecule has 0 aliphatic heterocycles. The number of nitrogens with one attached hydrogen (secondary N) is 1. The lowest BCUT2D eigenvalue weighted by Gasteiger charge is -2.08. The molecular weight excluding hydrogens is 376 g/mol. The molecule has 0 saturated heterocycles. The second-order valence-electron chi connectivity index (χ2n) is 5.94. The summed E-state index contributed by atoms with van der Waals surface area (Å²) in [5.41, 5.74) is 2.66. The predicted molar refractivity (Wildman–Crippen MR) is 111 cm³/mol. The van der Waals surface area contributed by atoms with Crippen LogP contribution < -0.4 is 19.5 Å². The Hall–Kier alpha value is -3.06. The van der Waals surface area contributed by atoms with Gasteiger partial charge in [0.1, 0.15) is 17.2 Å². The summed E-state index contributed by atoms with van der Waals surface area (Å²) in [5, 5.41) is 5.12. The Balaban J connectivity index is 1.65. The number of ether oxygens (including phenoxy) is 3. The molecule has 3 aromatic rings. The Bertz CT molecular complexity index is 955. The van der Waals surface area contributed by atoms with Crippen LogP contribution in [0.4, 0.5) is 5.13 Å². The fraction of sp³-hybridized carbons (Fsp3) is 0.238. The van der Waals surface area contributed by atoms with E-state index in [0.717, 1.165) is 17.5 Å². The van der Waals surface area contributed by atoms with Gasteiger partial charge in [0.05, 0.1) is 19.9 Å². The van der Waals surface area contributed by atoms with Crippen LogP contribution in [0.3, 0.4) is 0 Å². The molecule has 0 bridgehead atoms. The van der Waals surface area contributed by atoms with E-state index in [-0.39, 0.29) is 12.5 Å². The highest BCUT2D eigenvalue weighted by molar-refractivity contribution is 7.14. The van der Waals surface area contributed by atoms with E-state index < -0.39 is 0 Å². The van der Waals surface area contributed by atoms with Gasteiger partial charge in [-0.15, -0.1) is 11.3 Å². The van der Waals surface area contributed by atoms with Crippen LogP contribution in [0.5, 0.6) is 17.2 Å². The zero-order valence-electron chi connectivity index (χ0n) is 16.0. The second kappa shape index (κ2) is 9.23. The Morgan fingerprint density at radius 1 is 1.11 bits per heavy atom. The van der Waals surface area contributed by atoms with E-state index in [1.807, 2.05) is 47.8 Å². The average Bonchev–Trinajstić information content (AvgIpc) is 3.20. The monoisotopic (exact) mass is 398 g/mol. The molecule has 146 valence electrons. The van der Waals surface area contributed by atoms with E-state index >= 15 is 0 Å². The number of aromatic nitrogens is 1. The van der Waals surface area contributed by atoms with E-state index in [4.69, 9.17) is 14.2 Å². The molecule has 2 aromatic carbocycles. The zero-order valence-corrected chi connectivity index (χ0v) is 16.8. The van der Waals surface area contributed by atoms with Crippen molar-refractivity contribution >= 4 is 22.4 Å². The lowest BCUT2D eigenvalue weighted by molar-refractivity contribution is -0.118. The molecule has 6 nitrogen and oxygen atoms in total. The zero-order chi connectivity index (χ0) is 19.9. The Kier molecular flexibility index (Phi) is 6.49. The van der Waals surface area contributed by atoms with Gasteiger partial charge in [0, 0.05) is 10.9 Å². The smallest absolute Gasteiger partial charge is 0.264 e. The standard InChI is InChI=1S/C21H22N2O4S/c1-4-14-6-5-7-16(10-14)27-12-20(24)23-21-22-18(13-28-21)17-11-15(25-2)8-9-19(17)26-3/h5-11,13H,4,12H2,1-3H3,(H,22,23,24). The molecule has 0 aliphatic carbocycles. The maximum Gasteiger partial charge on any atom is 0.264 e. The number of aryl methyl sites for hydroxylation is 1. The molecule has 1 amide bonds. The number of thiazole rings is 1.